The molecule has 2 saturated heterocycles. The number of piperidine rings is 1. The maximum absolute atomic E-state index is 12.4. The van der Waals surface area contributed by atoms with Crippen LogP contribution < -0.4 is 9.46 Å². The van der Waals surface area contributed by atoms with E-state index in [9.17, 15) is 13.2 Å². The number of rotatable bonds is 5. The first-order valence-electron chi connectivity index (χ1n) is 9.69. The Hall–Kier alpha value is -2.03. The van der Waals surface area contributed by atoms with Gasteiger partial charge in [-0.15, -0.1) is 0 Å². The Kier molecular flexibility index (Phi) is 5.12. The van der Waals surface area contributed by atoms with E-state index in [0.29, 0.717) is 24.7 Å². The highest BCUT2D eigenvalue weighted by Gasteiger charge is 2.35. The maximum atomic E-state index is 12.4. The van der Waals surface area contributed by atoms with Crippen LogP contribution in [0.2, 0.25) is 0 Å². The lowest BCUT2D eigenvalue weighted by atomic mass is 10.1. The maximum Gasteiger partial charge on any atom is 0.320 e. The van der Waals surface area contributed by atoms with Crippen LogP contribution in [0.5, 0.6) is 5.88 Å². The number of anilines is 1. The molecule has 1 aliphatic carbocycles. The Bertz CT molecular complexity index is 765. The van der Waals surface area contributed by atoms with Crippen molar-refractivity contribution in [3.8, 4) is 5.88 Å². The zero-order chi connectivity index (χ0) is 18.9. The molecule has 3 heterocycles. The fourth-order valence-corrected chi connectivity index (χ4v) is 4.95. The molecule has 148 valence electrons. The number of nitrogens with one attached hydrogen (secondary N) is 1. The highest BCUT2D eigenvalue weighted by atomic mass is 32.2. The molecule has 0 atom stereocenters. The van der Waals surface area contributed by atoms with Gasteiger partial charge >= 0.3 is 6.03 Å². The summed E-state index contributed by atoms with van der Waals surface area (Å²) >= 11 is 0. The van der Waals surface area contributed by atoms with Gasteiger partial charge in [0.05, 0.1) is 17.1 Å². The molecule has 1 aromatic rings. The largest absolute Gasteiger partial charge is 0.474 e. The second-order valence-corrected chi connectivity index (χ2v) is 9.47. The normalized spacial score (nSPS) is 21.3. The Morgan fingerprint density at radius 2 is 1.70 bits per heavy atom. The third kappa shape index (κ3) is 4.45. The average molecular weight is 394 g/mol. The number of carbonyl (C=O) groups is 1. The lowest BCUT2D eigenvalue weighted by Gasteiger charge is -2.34. The van der Waals surface area contributed by atoms with E-state index in [1.165, 1.54) is 6.20 Å². The SMILES string of the molecule is O=C(N1CCCC1)N1CCC(Oc2ccc(NS(=O)(=O)C3CC3)cn2)CC1. The molecule has 1 N–H and O–H groups in total. The molecule has 1 saturated carbocycles. The molecule has 27 heavy (non-hydrogen) atoms. The first kappa shape index (κ1) is 18.3. The van der Waals surface area contributed by atoms with Gasteiger partial charge in [0, 0.05) is 45.1 Å². The third-order valence-corrected chi connectivity index (χ3v) is 7.21. The van der Waals surface area contributed by atoms with Gasteiger partial charge < -0.3 is 14.5 Å². The van der Waals surface area contributed by atoms with Gasteiger partial charge in [-0.1, -0.05) is 0 Å². The van der Waals surface area contributed by atoms with Crippen LogP contribution in [0, 0.1) is 0 Å². The molecule has 0 aromatic carbocycles. The highest BCUT2D eigenvalue weighted by molar-refractivity contribution is 7.93. The van der Waals surface area contributed by atoms with Gasteiger partial charge in [0.15, 0.2) is 0 Å². The second kappa shape index (κ2) is 7.53. The van der Waals surface area contributed by atoms with Crippen molar-refractivity contribution in [2.24, 2.45) is 0 Å². The standard InChI is InChI=1S/C18H26N4O4S/c23-18(21-9-1-2-10-21)22-11-7-15(8-12-22)26-17-6-3-14(13-19-17)20-27(24,25)16-4-5-16/h3,6,13,15-16,20H,1-2,4-5,7-12H2. The summed E-state index contributed by atoms with van der Waals surface area (Å²) in [4.78, 5) is 20.5. The lowest BCUT2D eigenvalue weighted by Crippen LogP contribution is -2.47. The molecule has 1 aromatic heterocycles. The Morgan fingerprint density at radius 1 is 1.04 bits per heavy atom. The lowest BCUT2D eigenvalue weighted by molar-refractivity contribution is 0.0954. The van der Waals surface area contributed by atoms with E-state index in [2.05, 4.69) is 9.71 Å². The number of pyridine rings is 1. The number of hydrogen-bond donors (Lipinski definition) is 1. The van der Waals surface area contributed by atoms with Crippen molar-refractivity contribution in [2.75, 3.05) is 30.9 Å². The predicted octanol–water partition coefficient (Wildman–Crippen LogP) is 2.04. The fourth-order valence-electron chi connectivity index (χ4n) is 3.58. The van der Waals surface area contributed by atoms with Crippen molar-refractivity contribution in [3.63, 3.8) is 0 Å². The van der Waals surface area contributed by atoms with Crippen LogP contribution in [-0.4, -0.2) is 66.8 Å². The summed E-state index contributed by atoms with van der Waals surface area (Å²) in [5.41, 5.74) is 0.459. The number of urea groups is 1. The molecule has 0 unspecified atom stereocenters. The average Bonchev–Trinajstić information content (AvgIpc) is 3.40. The number of hydrogen-bond acceptors (Lipinski definition) is 5. The topological polar surface area (TPSA) is 91.8 Å². The zero-order valence-corrected chi connectivity index (χ0v) is 16.2. The van der Waals surface area contributed by atoms with Gasteiger partial charge in [-0.2, -0.15) is 0 Å². The van der Waals surface area contributed by atoms with E-state index in [0.717, 1.165) is 51.6 Å². The number of likely N-dealkylation sites (tertiary alicyclic amines) is 2. The van der Waals surface area contributed by atoms with E-state index in [1.807, 2.05) is 9.80 Å². The smallest absolute Gasteiger partial charge is 0.320 e. The summed E-state index contributed by atoms with van der Waals surface area (Å²) in [5, 5.41) is -0.262. The Balaban J connectivity index is 1.26. The van der Waals surface area contributed by atoms with Crippen molar-refractivity contribution < 1.29 is 17.9 Å². The summed E-state index contributed by atoms with van der Waals surface area (Å²) in [6.07, 6.45) is 6.71. The van der Waals surface area contributed by atoms with Gasteiger partial charge in [-0.05, 0) is 31.7 Å². The molecular weight excluding hydrogens is 368 g/mol. The number of sulfonamides is 1. The molecule has 2 amide bonds. The van der Waals surface area contributed by atoms with Crippen LogP contribution in [-0.2, 0) is 10.0 Å². The number of ether oxygens (including phenoxy) is 1. The molecule has 2 aliphatic heterocycles. The Morgan fingerprint density at radius 3 is 2.30 bits per heavy atom. The van der Waals surface area contributed by atoms with E-state index in [4.69, 9.17) is 4.74 Å². The minimum atomic E-state index is -3.27. The van der Waals surface area contributed by atoms with Crippen LogP contribution in [0.15, 0.2) is 18.3 Å². The summed E-state index contributed by atoms with van der Waals surface area (Å²) in [6.45, 7) is 3.13. The van der Waals surface area contributed by atoms with Crippen molar-refractivity contribution >= 4 is 21.7 Å². The molecule has 3 fully saturated rings. The molecule has 0 spiro atoms. The van der Waals surface area contributed by atoms with Crippen LogP contribution in [0.1, 0.15) is 38.5 Å². The summed E-state index contributed by atoms with van der Waals surface area (Å²) in [5.74, 6) is 0.480. The number of carbonyl (C=O) groups excluding carboxylic acids is 1. The first-order chi connectivity index (χ1) is 13.0. The van der Waals surface area contributed by atoms with Gasteiger partial charge in [0.2, 0.25) is 15.9 Å². The zero-order valence-electron chi connectivity index (χ0n) is 15.3. The highest BCUT2D eigenvalue weighted by Crippen LogP contribution is 2.30. The Labute approximate surface area is 159 Å². The van der Waals surface area contributed by atoms with E-state index in [1.54, 1.807) is 12.1 Å². The number of aromatic nitrogens is 1. The predicted molar refractivity (Wildman–Crippen MR) is 101 cm³/mol. The van der Waals surface area contributed by atoms with E-state index < -0.39 is 10.0 Å². The van der Waals surface area contributed by atoms with Crippen LogP contribution in [0.4, 0.5) is 10.5 Å². The number of nitrogens with zero attached hydrogens (tertiary/aromatic N) is 3. The quantitative estimate of drug-likeness (QED) is 0.825. The third-order valence-electron chi connectivity index (χ3n) is 5.34. The van der Waals surface area contributed by atoms with Crippen molar-refractivity contribution in [1.29, 1.82) is 0 Å². The monoisotopic (exact) mass is 394 g/mol. The molecule has 9 heteroatoms. The van der Waals surface area contributed by atoms with Crippen molar-refractivity contribution in [1.82, 2.24) is 14.8 Å². The van der Waals surface area contributed by atoms with E-state index in [-0.39, 0.29) is 17.4 Å². The fraction of sp³-hybridized carbons (Fsp3) is 0.667. The van der Waals surface area contributed by atoms with Crippen LogP contribution in [0.25, 0.3) is 0 Å². The summed E-state index contributed by atoms with van der Waals surface area (Å²) in [6, 6.07) is 3.51. The minimum absolute atomic E-state index is 0.0223. The van der Waals surface area contributed by atoms with Crippen molar-refractivity contribution in [2.45, 2.75) is 49.9 Å². The van der Waals surface area contributed by atoms with Crippen LogP contribution in [0.3, 0.4) is 0 Å². The van der Waals surface area contributed by atoms with Crippen LogP contribution >= 0.6 is 0 Å². The molecule has 0 radical (unpaired) electrons. The van der Waals surface area contributed by atoms with Gasteiger partial charge in [0.1, 0.15) is 6.10 Å². The molecule has 0 bridgehead atoms. The molecule has 8 nitrogen and oxygen atoms in total. The second-order valence-electron chi connectivity index (χ2n) is 7.51. The molecule has 4 rings (SSSR count). The summed E-state index contributed by atoms with van der Waals surface area (Å²) in [7, 11) is -3.27. The summed E-state index contributed by atoms with van der Waals surface area (Å²) < 4.78 is 32.4. The van der Waals surface area contributed by atoms with Gasteiger partial charge in [-0.3, -0.25) is 4.72 Å². The number of amides is 2. The van der Waals surface area contributed by atoms with Gasteiger partial charge in [-0.25, -0.2) is 18.2 Å². The molecule has 3 aliphatic rings. The molecular formula is C18H26N4O4S. The first-order valence-corrected chi connectivity index (χ1v) is 11.2. The van der Waals surface area contributed by atoms with Gasteiger partial charge in [0.25, 0.3) is 0 Å². The minimum Gasteiger partial charge on any atom is -0.474 e. The van der Waals surface area contributed by atoms with Crippen molar-refractivity contribution in [3.05, 3.63) is 18.3 Å². The van der Waals surface area contributed by atoms with E-state index >= 15 is 0 Å².